The predicted molar refractivity (Wildman–Crippen MR) is 102 cm³/mol. The number of ether oxygens (including phenoxy) is 2. The number of aryl methyl sites for hydroxylation is 2. The van der Waals surface area contributed by atoms with Crippen LogP contribution < -0.4 is 10.1 Å². The first-order valence-electron chi connectivity index (χ1n) is 9.11. The van der Waals surface area contributed by atoms with Gasteiger partial charge >= 0.3 is 6.09 Å². The second-order valence-electron chi connectivity index (χ2n) is 6.30. The van der Waals surface area contributed by atoms with E-state index in [1.54, 1.807) is 0 Å². The standard InChI is InChI=1S/C20H28N2O4/c1-6-8-9-12-21-19(23)17-18(26-7-2)15-13(3)10-11-14(4)16(15)22(17)20(24)25-5/h10-11H,6-9,12H2,1-5H3,(H,21,23). The van der Waals surface area contributed by atoms with E-state index in [-0.39, 0.29) is 11.6 Å². The number of nitrogens with zero attached hydrogens (tertiary/aromatic N) is 1. The summed E-state index contributed by atoms with van der Waals surface area (Å²) in [6.07, 6.45) is 2.40. The van der Waals surface area contributed by atoms with E-state index in [1.165, 1.54) is 11.7 Å². The number of unbranched alkanes of at least 4 members (excludes halogenated alkanes) is 2. The topological polar surface area (TPSA) is 69.6 Å². The van der Waals surface area contributed by atoms with Gasteiger partial charge in [0.15, 0.2) is 11.4 Å². The number of carbonyl (C=O) groups excluding carboxylic acids is 2. The second-order valence-corrected chi connectivity index (χ2v) is 6.30. The average molecular weight is 360 g/mol. The molecule has 0 spiro atoms. The smallest absolute Gasteiger partial charge is 0.419 e. The lowest BCUT2D eigenvalue weighted by atomic mass is 10.1. The van der Waals surface area contributed by atoms with Gasteiger partial charge in [0.2, 0.25) is 0 Å². The zero-order valence-corrected chi connectivity index (χ0v) is 16.3. The minimum absolute atomic E-state index is 0.197. The van der Waals surface area contributed by atoms with Crippen molar-refractivity contribution in [1.29, 1.82) is 0 Å². The summed E-state index contributed by atoms with van der Waals surface area (Å²) in [6.45, 7) is 8.75. The first kappa shape index (κ1) is 19.8. The molecule has 0 unspecified atom stereocenters. The Morgan fingerprint density at radius 3 is 2.42 bits per heavy atom. The quantitative estimate of drug-likeness (QED) is 0.752. The Balaban J connectivity index is 2.67. The monoisotopic (exact) mass is 360 g/mol. The van der Waals surface area contributed by atoms with Crippen molar-refractivity contribution in [3.63, 3.8) is 0 Å². The third kappa shape index (κ3) is 3.69. The molecule has 0 saturated carbocycles. The molecule has 6 heteroatoms. The Bertz CT molecular complexity index is 808. The summed E-state index contributed by atoms with van der Waals surface area (Å²) in [4.78, 5) is 25.4. The largest absolute Gasteiger partial charge is 0.491 e. The molecule has 2 rings (SSSR count). The minimum atomic E-state index is -0.603. The van der Waals surface area contributed by atoms with E-state index in [2.05, 4.69) is 12.2 Å². The van der Waals surface area contributed by atoms with Gasteiger partial charge in [-0.15, -0.1) is 0 Å². The van der Waals surface area contributed by atoms with Crippen LogP contribution in [0.1, 0.15) is 54.7 Å². The number of fused-ring (bicyclic) bond motifs is 1. The first-order valence-corrected chi connectivity index (χ1v) is 9.11. The molecule has 2 aromatic rings. The van der Waals surface area contributed by atoms with Gasteiger partial charge in [-0.05, 0) is 38.3 Å². The molecule has 1 amide bonds. The van der Waals surface area contributed by atoms with Crippen LogP contribution in [0.15, 0.2) is 12.1 Å². The number of rotatable bonds is 7. The van der Waals surface area contributed by atoms with Gasteiger partial charge in [0.1, 0.15) is 0 Å². The van der Waals surface area contributed by atoms with E-state index >= 15 is 0 Å². The third-order valence-electron chi connectivity index (χ3n) is 4.40. The molecule has 6 nitrogen and oxygen atoms in total. The summed E-state index contributed by atoms with van der Waals surface area (Å²) in [5.74, 6) is 0.104. The maximum Gasteiger partial charge on any atom is 0.419 e. The van der Waals surface area contributed by atoms with E-state index in [0.29, 0.717) is 24.4 Å². The molecule has 1 N–H and O–H groups in total. The average Bonchev–Trinajstić information content (AvgIpc) is 2.97. The highest BCUT2D eigenvalue weighted by molar-refractivity contribution is 6.10. The van der Waals surface area contributed by atoms with E-state index in [9.17, 15) is 9.59 Å². The fourth-order valence-corrected chi connectivity index (χ4v) is 3.13. The molecule has 0 atom stereocenters. The Morgan fingerprint density at radius 1 is 1.12 bits per heavy atom. The maximum absolute atomic E-state index is 12.9. The van der Waals surface area contributed by atoms with Gasteiger partial charge < -0.3 is 14.8 Å². The molecule has 1 aromatic heterocycles. The second kappa shape index (κ2) is 8.74. The molecule has 0 saturated heterocycles. The third-order valence-corrected chi connectivity index (χ3v) is 4.40. The Morgan fingerprint density at radius 2 is 1.81 bits per heavy atom. The molecule has 0 bridgehead atoms. The zero-order chi connectivity index (χ0) is 19.3. The lowest BCUT2D eigenvalue weighted by Crippen LogP contribution is -2.29. The number of aromatic nitrogens is 1. The van der Waals surface area contributed by atoms with Crippen LogP contribution in [0.2, 0.25) is 0 Å². The van der Waals surface area contributed by atoms with Crippen LogP contribution in [0.4, 0.5) is 4.79 Å². The van der Waals surface area contributed by atoms with Gasteiger partial charge in [0.25, 0.3) is 5.91 Å². The van der Waals surface area contributed by atoms with Crippen LogP contribution in [-0.4, -0.2) is 36.8 Å². The molecule has 0 aliphatic heterocycles. The van der Waals surface area contributed by atoms with Crippen molar-refractivity contribution in [2.24, 2.45) is 0 Å². The van der Waals surface area contributed by atoms with Crippen LogP contribution in [0.25, 0.3) is 10.9 Å². The molecular formula is C20H28N2O4. The van der Waals surface area contributed by atoms with E-state index < -0.39 is 6.09 Å². The van der Waals surface area contributed by atoms with Crippen molar-refractivity contribution in [1.82, 2.24) is 9.88 Å². The predicted octanol–water partition coefficient (Wildman–Crippen LogP) is 4.19. The van der Waals surface area contributed by atoms with Crippen LogP contribution in [0.5, 0.6) is 5.75 Å². The number of nitrogens with one attached hydrogen (secondary N) is 1. The summed E-state index contributed by atoms with van der Waals surface area (Å²) < 4.78 is 12.1. The highest BCUT2D eigenvalue weighted by atomic mass is 16.5. The summed E-state index contributed by atoms with van der Waals surface area (Å²) in [5, 5.41) is 3.68. The first-order chi connectivity index (χ1) is 12.5. The summed E-state index contributed by atoms with van der Waals surface area (Å²) in [6, 6.07) is 3.89. The molecule has 0 fully saturated rings. The molecular weight excluding hydrogens is 332 g/mol. The highest BCUT2D eigenvalue weighted by Crippen LogP contribution is 2.37. The minimum Gasteiger partial charge on any atom is -0.491 e. The molecule has 0 radical (unpaired) electrons. The molecule has 26 heavy (non-hydrogen) atoms. The lowest BCUT2D eigenvalue weighted by molar-refractivity contribution is 0.0937. The van der Waals surface area contributed by atoms with Gasteiger partial charge in [-0.2, -0.15) is 0 Å². The van der Waals surface area contributed by atoms with E-state index in [1.807, 2.05) is 32.9 Å². The number of hydrogen-bond donors (Lipinski definition) is 1. The van der Waals surface area contributed by atoms with E-state index in [0.717, 1.165) is 35.8 Å². The number of benzene rings is 1. The molecule has 0 aliphatic rings. The summed E-state index contributed by atoms with van der Waals surface area (Å²) in [7, 11) is 1.31. The fourth-order valence-electron chi connectivity index (χ4n) is 3.13. The normalized spacial score (nSPS) is 10.8. The Labute approximate surface area is 154 Å². The number of carbonyl (C=O) groups is 2. The fraction of sp³-hybridized carbons (Fsp3) is 0.500. The van der Waals surface area contributed by atoms with Crippen LogP contribution in [-0.2, 0) is 4.74 Å². The van der Waals surface area contributed by atoms with Gasteiger partial charge in [-0.1, -0.05) is 31.9 Å². The van der Waals surface area contributed by atoms with Crippen molar-refractivity contribution in [2.75, 3.05) is 20.3 Å². The van der Waals surface area contributed by atoms with Crippen molar-refractivity contribution in [3.8, 4) is 5.75 Å². The molecule has 142 valence electrons. The van der Waals surface area contributed by atoms with Crippen molar-refractivity contribution >= 4 is 22.9 Å². The SMILES string of the molecule is CCCCCNC(=O)c1c(OCC)c2c(C)ccc(C)c2n1C(=O)OC. The van der Waals surface area contributed by atoms with Crippen LogP contribution in [0.3, 0.4) is 0 Å². The van der Waals surface area contributed by atoms with Crippen molar-refractivity contribution < 1.29 is 19.1 Å². The van der Waals surface area contributed by atoms with Gasteiger partial charge in [0.05, 0.1) is 19.2 Å². The van der Waals surface area contributed by atoms with Crippen LogP contribution in [0, 0.1) is 13.8 Å². The van der Waals surface area contributed by atoms with Gasteiger partial charge in [-0.3, -0.25) is 4.79 Å². The highest BCUT2D eigenvalue weighted by Gasteiger charge is 2.29. The molecule has 1 aromatic carbocycles. The Hall–Kier alpha value is -2.50. The maximum atomic E-state index is 12.9. The number of hydrogen-bond acceptors (Lipinski definition) is 4. The van der Waals surface area contributed by atoms with Crippen LogP contribution >= 0.6 is 0 Å². The number of methoxy groups -OCH3 is 1. The number of amides is 1. The molecule has 1 heterocycles. The summed E-state index contributed by atoms with van der Waals surface area (Å²) in [5.41, 5.74) is 2.67. The summed E-state index contributed by atoms with van der Waals surface area (Å²) >= 11 is 0. The van der Waals surface area contributed by atoms with E-state index in [4.69, 9.17) is 9.47 Å². The van der Waals surface area contributed by atoms with Gasteiger partial charge in [-0.25, -0.2) is 9.36 Å². The molecule has 0 aliphatic carbocycles. The lowest BCUT2D eigenvalue weighted by Gasteiger charge is -2.11. The van der Waals surface area contributed by atoms with Crippen molar-refractivity contribution in [2.45, 2.75) is 47.0 Å². The van der Waals surface area contributed by atoms with Crippen molar-refractivity contribution in [3.05, 3.63) is 29.0 Å². The van der Waals surface area contributed by atoms with Gasteiger partial charge in [0, 0.05) is 11.9 Å². The Kier molecular flexibility index (Phi) is 6.66. The zero-order valence-electron chi connectivity index (χ0n) is 16.3.